The average molecular weight is 463 g/mol. The smallest absolute Gasteiger partial charge is 0.335 e. The first kappa shape index (κ1) is 22.5. The van der Waals surface area contributed by atoms with E-state index in [0.717, 1.165) is 5.54 Å². The van der Waals surface area contributed by atoms with Gasteiger partial charge in [0, 0.05) is 14.1 Å². The van der Waals surface area contributed by atoms with Crippen molar-refractivity contribution in [3.63, 3.8) is 0 Å². The molecule has 0 bridgehead atoms. The van der Waals surface area contributed by atoms with Crippen LogP contribution in [0.2, 0.25) is 0 Å². The summed E-state index contributed by atoms with van der Waals surface area (Å²) in [6.45, 7) is 0. The van der Waals surface area contributed by atoms with Crippen LogP contribution in [0.1, 0.15) is 0 Å². The molecule has 1 aromatic carbocycles. The normalized spacial score (nSPS) is 11.6. The van der Waals surface area contributed by atoms with Gasteiger partial charge in [-0.3, -0.25) is 5.32 Å². The number of aromatic nitrogens is 3. The topological polar surface area (TPSA) is 136 Å². The van der Waals surface area contributed by atoms with E-state index >= 15 is 0 Å². The third-order valence-corrected chi connectivity index (χ3v) is 4.94. The summed E-state index contributed by atoms with van der Waals surface area (Å²) in [6.07, 6.45) is 0. The number of para-hydroxylation sites is 1. The van der Waals surface area contributed by atoms with Gasteiger partial charge in [-0.15, -0.1) is 0 Å². The van der Waals surface area contributed by atoms with Crippen molar-refractivity contribution in [3.05, 3.63) is 35.0 Å². The molecule has 1 heterocycles. The molecule has 0 saturated carbocycles. The molecule has 2 N–H and O–H groups in total. The van der Waals surface area contributed by atoms with Crippen molar-refractivity contribution in [2.24, 2.45) is 0 Å². The van der Waals surface area contributed by atoms with Crippen LogP contribution in [-0.2, 0) is 10.0 Å². The molecule has 11 nitrogen and oxygen atoms in total. The van der Waals surface area contributed by atoms with Crippen LogP contribution in [0.25, 0.3) is 0 Å². The van der Waals surface area contributed by atoms with Crippen LogP contribution in [0.5, 0.6) is 11.8 Å². The molecule has 14 heteroatoms. The highest BCUT2D eigenvalue weighted by Gasteiger charge is 2.23. The minimum absolute atomic E-state index is 0.0666. The maximum Gasteiger partial charge on any atom is 0.335 e. The molecule has 0 aliphatic carbocycles. The average Bonchev–Trinajstić information content (AvgIpc) is 2.67. The van der Waals surface area contributed by atoms with E-state index in [-0.39, 0.29) is 33.8 Å². The second-order valence-electron chi connectivity index (χ2n) is 5.36. The van der Waals surface area contributed by atoms with Gasteiger partial charge in [-0.25, -0.2) is 17.9 Å². The van der Waals surface area contributed by atoms with Gasteiger partial charge in [0.15, 0.2) is 0 Å². The van der Waals surface area contributed by atoms with Crippen LogP contribution in [-0.4, -0.2) is 50.6 Å². The van der Waals surface area contributed by atoms with Crippen molar-refractivity contribution in [2.75, 3.05) is 31.4 Å². The van der Waals surface area contributed by atoms with Crippen LogP contribution < -0.4 is 24.4 Å². The second kappa shape index (κ2) is 9.58. The van der Waals surface area contributed by atoms with Crippen molar-refractivity contribution in [1.29, 1.82) is 0 Å². The number of amides is 2. The number of rotatable bonds is 7. The van der Waals surface area contributed by atoms with Crippen molar-refractivity contribution >= 4 is 51.2 Å². The fourth-order valence-corrected chi connectivity index (χ4v) is 3.05. The Morgan fingerprint density at radius 2 is 1.90 bits per heavy atom. The second-order valence-corrected chi connectivity index (χ2v) is 7.60. The maximum atomic E-state index is 12.6. The molecule has 0 saturated heterocycles. The molecule has 2 amide bonds. The lowest BCUT2D eigenvalue weighted by Gasteiger charge is -2.13. The number of ether oxygens (including phenoxy) is 2. The standard InChI is InChI=1S/C15H16Cl2N6O5S/c1-23(2)13-18-12(20-15(21-13)27-3)19-14(24)22-29(25,26)10-7-5-4-6-9(10)28-11(17)8-16/h4-8H,1-3H3,(H2,18,19,20,21,22,24). The Kier molecular flexibility index (Phi) is 7.42. The first-order valence-electron chi connectivity index (χ1n) is 7.70. The minimum Gasteiger partial charge on any atom is -0.467 e. The lowest BCUT2D eigenvalue weighted by atomic mass is 10.3. The van der Waals surface area contributed by atoms with Gasteiger partial charge >= 0.3 is 12.0 Å². The summed E-state index contributed by atoms with van der Waals surface area (Å²) in [5, 5.41) is 1.95. The van der Waals surface area contributed by atoms with Crippen molar-refractivity contribution in [2.45, 2.75) is 4.90 Å². The highest BCUT2D eigenvalue weighted by molar-refractivity contribution is 7.90. The molecule has 0 atom stereocenters. The Morgan fingerprint density at radius 3 is 2.52 bits per heavy atom. The Bertz CT molecular complexity index is 1030. The first-order chi connectivity index (χ1) is 13.7. The van der Waals surface area contributed by atoms with E-state index in [9.17, 15) is 13.2 Å². The molecular formula is C15H16Cl2N6O5S. The summed E-state index contributed by atoms with van der Waals surface area (Å²) in [5.41, 5.74) is 0.918. The van der Waals surface area contributed by atoms with Crippen LogP contribution in [0.4, 0.5) is 16.7 Å². The van der Waals surface area contributed by atoms with Crippen LogP contribution in [0.15, 0.2) is 39.9 Å². The largest absolute Gasteiger partial charge is 0.467 e. The summed E-state index contributed by atoms with van der Waals surface area (Å²) in [7, 11) is 0.333. The zero-order chi connectivity index (χ0) is 21.6. The lowest BCUT2D eigenvalue weighted by Crippen LogP contribution is -2.35. The fourth-order valence-electron chi connectivity index (χ4n) is 1.88. The molecule has 0 aliphatic rings. The maximum absolute atomic E-state index is 12.6. The highest BCUT2D eigenvalue weighted by atomic mass is 35.5. The first-order valence-corrected chi connectivity index (χ1v) is 10.00. The number of benzene rings is 1. The number of halogens is 2. The van der Waals surface area contributed by atoms with Crippen molar-refractivity contribution in [3.8, 4) is 11.8 Å². The third kappa shape index (κ3) is 6.07. The van der Waals surface area contributed by atoms with E-state index in [1.165, 1.54) is 31.4 Å². The molecule has 0 unspecified atom stereocenters. The summed E-state index contributed by atoms with van der Waals surface area (Å²) in [6, 6.07) is 4.35. The summed E-state index contributed by atoms with van der Waals surface area (Å²) < 4.78 is 37.1. The molecule has 0 spiro atoms. The van der Waals surface area contributed by atoms with Gasteiger partial charge in [0.2, 0.25) is 17.1 Å². The molecule has 29 heavy (non-hydrogen) atoms. The van der Waals surface area contributed by atoms with Gasteiger partial charge in [0.25, 0.3) is 10.0 Å². The third-order valence-electron chi connectivity index (χ3n) is 3.07. The van der Waals surface area contributed by atoms with E-state index in [2.05, 4.69) is 20.3 Å². The van der Waals surface area contributed by atoms with Gasteiger partial charge in [-0.05, 0) is 23.7 Å². The Morgan fingerprint density at radius 1 is 1.21 bits per heavy atom. The quantitative estimate of drug-likeness (QED) is 0.592. The monoisotopic (exact) mass is 462 g/mol. The Balaban J connectivity index is 2.24. The molecule has 2 rings (SSSR count). The van der Waals surface area contributed by atoms with Crippen molar-refractivity contribution in [1.82, 2.24) is 19.7 Å². The van der Waals surface area contributed by atoms with E-state index in [1.807, 2.05) is 4.72 Å². The predicted octanol–water partition coefficient (Wildman–Crippen LogP) is 2.11. The number of anilines is 2. The van der Waals surface area contributed by atoms with Crippen LogP contribution in [0, 0.1) is 0 Å². The molecule has 0 aliphatic heterocycles. The van der Waals surface area contributed by atoms with Crippen LogP contribution in [0.3, 0.4) is 0 Å². The van der Waals surface area contributed by atoms with Gasteiger partial charge < -0.3 is 14.4 Å². The number of hydrogen-bond acceptors (Lipinski definition) is 9. The molecular weight excluding hydrogens is 447 g/mol. The van der Waals surface area contributed by atoms with Gasteiger partial charge in [-0.1, -0.05) is 23.7 Å². The summed E-state index contributed by atoms with van der Waals surface area (Å²) in [5.74, 6) is -0.159. The van der Waals surface area contributed by atoms with Gasteiger partial charge in [0.1, 0.15) is 10.6 Å². The number of carbonyl (C=O) groups is 1. The molecule has 0 radical (unpaired) electrons. The zero-order valence-corrected chi connectivity index (χ0v) is 17.7. The van der Waals surface area contributed by atoms with Gasteiger partial charge in [0.05, 0.1) is 12.6 Å². The van der Waals surface area contributed by atoms with E-state index < -0.39 is 16.1 Å². The molecule has 156 valence electrons. The molecule has 0 fully saturated rings. The van der Waals surface area contributed by atoms with Crippen LogP contribution >= 0.6 is 23.2 Å². The number of nitrogens with zero attached hydrogens (tertiary/aromatic N) is 4. The van der Waals surface area contributed by atoms with Crippen molar-refractivity contribution < 1.29 is 22.7 Å². The SMILES string of the molecule is COc1nc(NC(=O)NS(=O)(=O)c2ccccc2OC(Cl)=CCl)nc(N(C)C)n1. The fraction of sp³-hybridized carbons (Fsp3) is 0.200. The van der Waals surface area contributed by atoms with E-state index in [4.69, 9.17) is 32.7 Å². The Hall–Kier alpha value is -2.83. The predicted molar refractivity (Wildman–Crippen MR) is 107 cm³/mol. The lowest BCUT2D eigenvalue weighted by molar-refractivity contribution is 0.256. The molecule has 2 aromatic rings. The minimum atomic E-state index is -4.34. The Labute approximate surface area is 176 Å². The highest BCUT2D eigenvalue weighted by Crippen LogP contribution is 2.26. The van der Waals surface area contributed by atoms with E-state index in [1.54, 1.807) is 19.0 Å². The number of carbonyl (C=O) groups excluding carboxylic acids is 1. The van der Waals surface area contributed by atoms with Gasteiger partial charge in [-0.2, -0.15) is 15.0 Å². The van der Waals surface area contributed by atoms with E-state index in [0.29, 0.717) is 0 Å². The molecule has 1 aromatic heterocycles. The number of urea groups is 1. The number of methoxy groups -OCH3 is 1. The summed E-state index contributed by atoms with van der Waals surface area (Å²) in [4.78, 5) is 25.2. The zero-order valence-electron chi connectivity index (χ0n) is 15.4. The number of hydrogen-bond donors (Lipinski definition) is 2. The summed E-state index contributed by atoms with van der Waals surface area (Å²) >= 11 is 11.1. The number of sulfonamides is 1. The number of nitrogens with one attached hydrogen (secondary N) is 2.